The second-order valence-corrected chi connectivity index (χ2v) is 6.27. The number of hydrogen-bond acceptors (Lipinski definition) is 4. The van der Waals surface area contributed by atoms with E-state index in [1.165, 1.54) is 16.8 Å². The summed E-state index contributed by atoms with van der Waals surface area (Å²) < 4.78 is 10.6. The summed E-state index contributed by atoms with van der Waals surface area (Å²) in [4.78, 5) is 14.3. The molecule has 0 unspecified atom stereocenters. The molecule has 1 aliphatic heterocycles. The summed E-state index contributed by atoms with van der Waals surface area (Å²) in [5.74, 6) is 1.25. The number of amides is 1. The van der Waals surface area contributed by atoms with Crippen molar-refractivity contribution in [1.29, 1.82) is 0 Å². The van der Waals surface area contributed by atoms with Gasteiger partial charge < -0.3 is 19.4 Å². The quantitative estimate of drug-likeness (QED) is 0.753. The predicted octanol–water partition coefficient (Wildman–Crippen LogP) is 4.13. The van der Waals surface area contributed by atoms with E-state index in [0.717, 1.165) is 19.5 Å². The maximum absolute atomic E-state index is 11.9. The van der Waals surface area contributed by atoms with Crippen molar-refractivity contribution < 1.29 is 13.9 Å². The van der Waals surface area contributed by atoms with Crippen LogP contribution in [0.15, 0.2) is 71.3 Å². The summed E-state index contributed by atoms with van der Waals surface area (Å²) in [6.07, 6.45) is 2.04. The van der Waals surface area contributed by atoms with Crippen molar-refractivity contribution >= 4 is 11.8 Å². The molecule has 1 N–H and O–H groups in total. The van der Waals surface area contributed by atoms with Gasteiger partial charge in [0.2, 0.25) is 0 Å². The third-order valence-electron chi connectivity index (χ3n) is 4.46. The van der Waals surface area contributed by atoms with Crippen LogP contribution in [0.25, 0.3) is 0 Å². The van der Waals surface area contributed by atoms with Gasteiger partial charge in [0.1, 0.15) is 11.5 Å². The van der Waals surface area contributed by atoms with Crippen LogP contribution in [0.5, 0.6) is 5.75 Å². The number of nitrogens with one attached hydrogen (secondary N) is 1. The molecule has 3 aromatic rings. The molecule has 0 bridgehead atoms. The Hall–Kier alpha value is -3.21. The number of nitrogens with zero attached hydrogens (tertiary/aromatic N) is 1. The summed E-state index contributed by atoms with van der Waals surface area (Å²) >= 11 is 0. The summed E-state index contributed by atoms with van der Waals surface area (Å²) in [6.45, 7) is 2.16. The monoisotopic (exact) mass is 348 g/mol. The smallest absolute Gasteiger partial charge is 0.412 e. The molecule has 4 rings (SSSR count). The highest BCUT2D eigenvalue weighted by Crippen LogP contribution is 2.32. The molecule has 2 aromatic carbocycles. The molecule has 1 amide bonds. The fourth-order valence-corrected chi connectivity index (χ4v) is 3.19. The molecule has 5 nitrogen and oxygen atoms in total. The molecule has 0 saturated heterocycles. The van der Waals surface area contributed by atoms with Gasteiger partial charge in [0.25, 0.3) is 0 Å². The summed E-state index contributed by atoms with van der Waals surface area (Å²) in [6, 6.07) is 19.8. The van der Waals surface area contributed by atoms with Crippen LogP contribution in [0.1, 0.15) is 16.9 Å². The first kappa shape index (κ1) is 16.3. The largest absolute Gasteiger partial charge is 0.467 e. The molecule has 0 atom stereocenters. The fourth-order valence-electron chi connectivity index (χ4n) is 3.19. The van der Waals surface area contributed by atoms with E-state index in [0.29, 0.717) is 18.1 Å². The van der Waals surface area contributed by atoms with E-state index in [1.807, 2.05) is 24.3 Å². The van der Waals surface area contributed by atoms with Gasteiger partial charge >= 0.3 is 6.09 Å². The number of rotatable bonds is 5. The van der Waals surface area contributed by atoms with Crippen molar-refractivity contribution in [1.82, 2.24) is 5.32 Å². The van der Waals surface area contributed by atoms with Crippen molar-refractivity contribution in [3.63, 3.8) is 0 Å². The highest BCUT2D eigenvalue weighted by molar-refractivity contribution is 5.71. The Bertz CT molecular complexity index is 876. The van der Waals surface area contributed by atoms with Crippen molar-refractivity contribution in [2.75, 3.05) is 11.4 Å². The second kappa shape index (κ2) is 7.35. The van der Waals surface area contributed by atoms with Crippen LogP contribution in [0.4, 0.5) is 10.5 Å². The van der Waals surface area contributed by atoms with Crippen LogP contribution in [0.3, 0.4) is 0 Å². The lowest BCUT2D eigenvalue weighted by atomic mass is 10.1. The summed E-state index contributed by atoms with van der Waals surface area (Å²) in [5, 5.41) is 2.68. The third-order valence-corrected chi connectivity index (χ3v) is 4.46. The van der Waals surface area contributed by atoms with Gasteiger partial charge in [-0.15, -0.1) is 0 Å². The van der Waals surface area contributed by atoms with Crippen molar-refractivity contribution in [2.24, 2.45) is 0 Å². The lowest BCUT2D eigenvalue weighted by Gasteiger charge is -2.19. The lowest BCUT2D eigenvalue weighted by Crippen LogP contribution is -2.26. The molecule has 0 spiro atoms. The first-order chi connectivity index (χ1) is 12.8. The van der Waals surface area contributed by atoms with E-state index in [9.17, 15) is 4.79 Å². The first-order valence-corrected chi connectivity index (χ1v) is 8.68. The van der Waals surface area contributed by atoms with Crippen LogP contribution in [0, 0.1) is 0 Å². The molecular weight excluding hydrogens is 328 g/mol. The van der Waals surface area contributed by atoms with Gasteiger partial charge in [-0.05, 0) is 47.9 Å². The maximum atomic E-state index is 11.9. The zero-order valence-electron chi connectivity index (χ0n) is 14.4. The summed E-state index contributed by atoms with van der Waals surface area (Å²) in [7, 11) is 0. The van der Waals surface area contributed by atoms with E-state index in [1.54, 1.807) is 18.4 Å². The van der Waals surface area contributed by atoms with Crippen LogP contribution < -0.4 is 15.0 Å². The maximum Gasteiger partial charge on any atom is 0.412 e. The Labute approximate surface area is 152 Å². The highest BCUT2D eigenvalue weighted by atomic mass is 16.6. The Morgan fingerprint density at radius 2 is 2.00 bits per heavy atom. The molecule has 26 heavy (non-hydrogen) atoms. The highest BCUT2D eigenvalue weighted by Gasteiger charge is 2.20. The van der Waals surface area contributed by atoms with Crippen molar-refractivity contribution in [2.45, 2.75) is 19.5 Å². The molecule has 0 saturated carbocycles. The van der Waals surface area contributed by atoms with E-state index in [-0.39, 0.29) is 0 Å². The normalized spacial score (nSPS) is 12.7. The van der Waals surface area contributed by atoms with E-state index < -0.39 is 6.09 Å². The molecule has 1 aromatic heterocycles. The van der Waals surface area contributed by atoms with Crippen LogP contribution >= 0.6 is 0 Å². The van der Waals surface area contributed by atoms with Gasteiger partial charge in [-0.2, -0.15) is 0 Å². The van der Waals surface area contributed by atoms with Crippen LogP contribution in [-0.4, -0.2) is 12.6 Å². The zero-order chi connectivity index (χ0) is 17.8. The molecule has 5 heteroatoms. The molecular formula is C21H20N2O3. The average Bonchev–Trinajstić information content (AvgIpc) is 3.31. The number of hydrogen-bond donors (Lipinski definition) is 1. The summed E-state index contributed by atoms with van der Waals surface area (Å²) in [5.41, 5.74) is 3.70. The van der Waals surface area contributed by atoms with Gasteiger partial charge in [0.15, 0.2) is 0 Å². The Kier molecular flexibility index (Phi) is 4.60. The first-order valence-electron chi connectivity index (χ1n) is 8.68. The molecule has 1 aliphatic rings. The van der Waals surface area contributed by atoms with Crippen LogP contribution in [0.2, 0.25) is 0 Å². The average molecular weight is 348 g/mol. The van der Waals surface area contributed by atoms with Gasteiger partial charge in [-0.1, -0.05) is 30.3 Å². The van der Waals surface area contributed by atoms with Crippen LogP contribution in [-0.2, 0) is 19.5 Å². The van der Waals surface area contributed by atoms with Gasteiger partial charge in [0, 0.05) is 18.8 Å². The molecule has 0 radical (unpaired) electrons. The Balaban J connectivity index is 1.37. The fraction of sp³-hybridized carbons (Fsp3) is 0.190. The number of furan rings is 1. The zero-order valence-corrected chi connectivity index (χ0v) is 14.4. The van der Waals surface area contributed by atoms with Crippen molar-refractivity contribution in [3.05, 3.63) is 83.8 Å². The minimum absolute atomic E-state index is 0.307. The topological polar surface area (TPSA) is 54.7 Å². The number of benzene rings is 2. The molecule has 2 heterocycles. The number of fused-ring (bicyclic) bond motifs is 1. The van der Waals surface area contributed by atoms with Gasteiger partial charge in [0.05, 0.1) is 12.8 Å². The van der Waals surface area contributed by atoms with E-state index in [4.69, 9.17) is 9.15 Å². The second-order valence-electron chi connectivity index (χ2n) is 6.27. The Morgan fingerprint density at radius 3 is 2.81 bits per heavy atom. The number of anilines is 1. The minimum atomic E-state index is -0.486. The predicted molar refractivity (Wildman–Crippen MR) is 99.2 cm³/mol. The third kappa shape index (κ3) is 3.72. The molecule has 0 aliphatic carbocycles. The minimum Gasteiger partial charge on any atom is -0.467 e. The molecule has 132 valence electrons. The SMILES string of the molecule is O=C(NCc1ccco1)Oc1ccc2c(c1)CCN2Cc1ccccc1. The number of carbonyl (C=O) groups is 1. The van der Waals surface area contributed by atoms with Crippen molar-refractivity contribution in [3.8, 4) is 5.75 Å². The Morgan fingerprint density at radius 1 is 1.12 bits per heavy atom. The number of ether oxygens (including phenoxy) is 1. The molecule has 0 fully saturated rings. The standard InChI is InChI=1S/C21H20N2O3/c24-21(22-14-19-7-4-12-25-19)26-18-8-9-20-17(13-18)10-11-23(20)15-16-5-2-1-3-6-16/h1-9,12-13H,10-11,14-15H2,(H,22,24). The van der Waals surface area contributed by atoms with E-state index in [2.05, 4.69) is 34.5 Å². The van der Waals surface area contributed by atoms with E-state index >= 15 is 0 Å². The lowest BCUT2D eigenvalue weighted by molar-refractivity contribution is 0.199. The number of carbonyl (C=O) groups excluding carboxylic acids is 1. The van der Waals surface area contributed by atoms with Gasteiger partial charge in [-0.25, -0.2) is 4.79 Å². The van der Waals surface area contributed by atoms with Gasteiger partial charge in [-0.3, -0.25) is 0 Å².